The number of nitrogens with zero attached hydrogens (tertiary/aromatic N) is 1. The zero-order chi connectivity index (χ0) is 11.8. The molecule has 2 N–H and O–H groups in total. The molecule has 1 aliphatic heterocycles. The third-order valence-corrected chi connectivity index (χ3v) is 3.42. The van der Waals surface area contributed by atoms with Crippen LogP contribution in [-0.4, -0.2) is 29.6 Å². The molecule has 0 radical (unpaired) electrons. The van der Waals surface area contributed by atoms with Crippen molar-refractivity contribution in [3.8, 4) is 0 Å². The largest absolute Gasteiger partial charge is 0.314 e. The van der Waals surface area contributed by atoms with Crippen LogP contribution in [0.2, 0.25) is 0 Å². The van der Waals surface area contributed by atoms with E-state index in [1.165, 1.54) is 5.56 Å². The van der Waals surface area contributed by atoms with E-state index in [4.69, 9.17) is 0 Å². The third-order valence-electron chi connectivity index (χ3n) is 3.42. The molecule has 1 amide bonds. The summed E-state index contributed by atoms with van der Waals surface area (Å²) >= 11 is 0. The average Bonchev–Trinajstić information content (AvgIpc) is 2.44. The van der Waals surface area contributed by atoms with Crippen LogP contribution in [0.4, 0.5) is 0 Å². The normalized spacial score (nSPS) is 23.8. The van der Waals surface area contributed by atoms with Crippen molar-refractivity contribution in [1.29, 1.82) is 0 Å². The van der Waals surface area contributed by atoms with Crippen LogP contribution < -0.4 is 5.32 Å². The van der Waals surface area contributed by atoms with Gasteiger partial charge in [0.05, 0.1) is 0 Å². The minimum Gasteiger partial charge on any atom is -0.314 e. The Morgan fingerprint density at radius 3 is 2.44 bits per heavy atom. The van der Waals surface area contributed by atoms with E-state index in [9.17, 15) is 4.79 Å². The van der Waals surface area contributed by atoms with Crippen molar-refractivity contribution >= 4 is 5.91 Å². The van der Waals surface area contributed by atoms with Crippen LogP contribution in [0.5, 0.6) is 0 Å². The Morgan fingerprint density at radius 1 is 1.31 bits per heavy atom. The fourth-order valence-corrected chi connectivity index (χ4v) is 2.22. The lowest BCUT2D eigenvalue weighted by molar-refractivity contribution is -0.737. The molecule has 1 saturated heterocycles. The van der Waals surface area contributed by atoms with Crippen LogP contribution in [0, 0.1) is 0 Å². The fourth-order valence-electron chi connectivity index (χ4n) is 2.22. The van der Waals surface area contributed by atoms with E-state index in [1.54, 1.807) is 0 Å². The van der Waals surface area contributed by atoms with Crippen molar-refractivity contribution in [3.63, 3.8) is 0 Å². The first-order chi connectivity index (χ1) is 7.50. The van der Waals surface area contributed by atoms with Gasteiger partial charge in [0.25, 0.3) is 5.91 Å². The van der Waals surface area contributed by atoms with Crippen LogP contribution in [0.3, 0.4) is 0 Å². The molecule has 1 aromatic carbocycles. The van der Waals surface area contributed by atoms with Crippen molar-refractivity contribution in [2.24, 2.45) is 0 Å². The van der Waals surface area contributed by atoms with E-state index in [0.29, 0.717) is 0 Å². The summed E-state index contributed by atoms with van der Waals surface area (Å²) in [5, 5.41) is 2.16. The van der Waals surface area contributed by atoms with Gasteiger partial charge < -0.3 is 5.32 Å². The number of quaternary nitrogens is 1. The lowest BCUT2D eigenvalue weighted by Crippen LogP contribution is -2.98. The van der Waals surface area contributed by atoms with Gasteiger partial charge in [-0.1, -0.05) is 30.3 Å². The summed E-state index contributed by atoms with van der Waals surface area (Å²) in [6, 6.07) is 10.2. The number of carbonyl (C=O) groups is 1. The van der Waals surface area contributed by atoms with Crippen LogP contribution >= 0.6 is 0 Å². The Hall–Kier alpha value is -1.35. The summed E-state index contributed by atoms with van der Waals surface area (Å²) in [7, 11) is 1.88. The molecule has 1 aliphatic rings. The molecule has 0 bridgehead atoms. The standard InChI is InChI=1S/C13H18N2O/c1-13(2)14-11(12(16)15(13)3)9-10-7-5-4-6-8-10/h4-8,11,14H,9H2,1-3H3/p+1/t11-/m1/s1. The van der Waals surface area contributed by atoms with E-state index < -0.39 is 0 Å². The highest BCUT2D eigenvalue weighted by molar-refractivity contribution is 5.82. The van der Waals surface area contributed by atoms with Crippen LogP contribution in [0.25, 0.3) is 0 Å². The molecule has 3 nitrogen and oxygen atoms in total. The summed E-state index contributed by atoms with van der Waals surface area (Å²) in [6.07, 6.45) is 0.813. The van der Waals surface area contributed by atoms with Crippen molar-refractivity contribution in [1.82, 2.24) is 4.90 Å². The quantitative estimate of drug-likeness (QED) is 0.766. The van der Waals surface area contributed by atoms with Gasteiger partial charge in [0.2, 0.25) is 0 Å². The molecule has 0 unspecified atom stereocenters. The number of nitrogens with two attached hydrogens (primary N) is 1. The molecule has 0 saturated carbocycles. The van der Waals surface area contributed by atoms with Gasteiger partial charge in [0.1, 0.15) is 0 Å². The van der Waals surface area contributed by atoms with Gasteiger partial charge in [-0.15, -0.1) is 0 Å². The number of hydrogen-bond donors (Lipinski definition) is 1. The molecule has 1 fully saturated rings. The third kappa shape index (κ3) is 1.95. The molecule has 1 aromatic rings. The second-order valence-corrected chi connectivity index (χ2v) is 5.01. The molecule has 16 heavy (non-hydrogen) atoms. The van der Waals surface area contributed by atoms with Gasteiger partial charge in [-0.3, -0.25) is 9.69 Å². The number of benzene rings is 1. The van der Waals surface area contributed by atoms with Crippen molar-refractivity contribution in [3.05, 3.63) is 35.9 Å². The van der Waals surface area contributed by atoms with Gasteiger partial charge in [-0.2, -0.15) is 0 Å². The maximum Gasteiger partial charge on any atom is 0.285 e. The summed E-state index contributed by atoms with van der Waals surface area (Å²) in [5.41, 5.74) is 1.11. The van der Waals surface area contributed by atoms with E-state index in [2.05, 4.69) is 31.3 Å². The smallest absolute Gasteiger partial charge is 0.285 e. The predicted molar refractivity (Wildman–Crippen MR) is 62.7 cm³/mol. The molecule has 2 rings (SSSR count). The van der Waals surface area contributed by atoms with Gasteiger partial charge in [-0.25, -0.2) is 0 Å². The minimum atomic E-state index is -0.115. The van der Waals surface area contributed by atoms with Crippen molar-refractivity contribution < 1.29 is 10.1 Å². The summed E-state index contributed by atoms with van der Waals surface area (Å²) in [5.74, 6) is 0.230. The average molecular weight is 219 g/mol. The summed E-state index contributed by atoms with van der Waals surface area (Å²) < 4.78 is 0. The molecular formula is C13H19N2O+. The monoisotopic (exact) mass is 219 g/mol. The van der Waals surface area contributed by atoms with E-state index in [1.807, 2.05) is 30.1 Å². The highest BCUT2D eigenvalue weighted by atomic mass is 16.2. The van der Waals surface area contributed by atoms with E-state index in [-0.39, 0.29) is 17.6 Å². The topological polar surface area (TPSA) is 36.9 Å². The number of likely N-dealkylation sites (N-methyl/N-ethyl adjacent to an activating group) is 1. The zero-order valence-electron chi connectivity index (χ0n) is 10.1. The Labute approximate surface area is 96.5 Å². The fraction of sp³-hybridized carbons (Fsp3) is 0.462. The lowest BCUT2D eigenvalue weighted by Gasteiger charge is -2.22. The van der Waals surface area contributed by atoms with Gasteiger partial charge in [0.15, 0.2) is 11.7 Å². The first kappa shape index (κ1) is 11.1. The second-order valence-electron chi connectivity index (χ2n) is 5.01. The van der Waals surface area contributed by atoms with Crippen LogP contribution in [0.1, 0.15) is 19.4 Å². The summed E-state index contributed by atoms with van der Waals surface area (Å²) in [4.78, 5) is 13.9. The van der Waals surface area contributed by atoms with Gasteiger partial charge in [-0.05, 0) is 5.56 Å². The SMILES string of the molecule is CN1C(=O)[C@@H](Cc2ccccc2)[NH2+]C1(C)C. The minimum absolute atomic E-state index is 0.0300. The first-order valence-corrected chi connectivity index (χ1v) is 5.68. The number of rotatable bonds is 2. The molecule has 86 valence electrons. The molecule has 3 heteroatoms. The molecule has 0 spiro atoms. The molecule has 0 aliphatic carbocycles. The maximum absolute atomic E-state index is 12.0. The number of carbonyl (C=O) groups excluding carboxylic acids is 1. The highest BCUT2D eigenvalue weighted by Crippen LogP contribution is 2.13. The van der Waals surface area contributed by atoms with Crippen molar-refractivity contribution in [2.75, 3.05) is 7.05 Å². The first-order valence-electron chi connectivity index (χ1n) is 5.68. The maximum atomic E-state index is 12.0. The predicted octanol–water partition coefficient (Wildman–Crippen LogP) is 0.369. The van der Waals surface area contributed by atoms with Crippen LogP contribution in [-0.2, 0) is 11.2 Å². The van der Waals surface area contributed by atoms with Gasteiger partial charge in [0, 0.05) is 27.3 Å². The number of hydrogen-bond acceptors (Lipinski definition) is 1. The molecule has 0 aromatic heterocycles. The zero-order valence-corrected chi connectivity index (χ0v) is 10.1. The lowest BCUT2D eigenvalue weighted by atomic mass is 10.1. The van der Waals surface area contributed by atoms with E-state index in [0.717, 1.165) is 6.42 Å². The van der Waals surface area contributed by atoms with Gasteiger partial charge >= 0.3 is 0 Å². The molecular weight excluding hydrogens is 200 g/mol. The molecule has 1 heterocycles. The Morgan fingerprint density at radius 2 is 1.94 bits per heavy atom. The van der Waals surface area contributed by atoms with E-state index >= 15 is 0 Å². The van der Waals surface area contributed by atoms with Crippen molar-refractivity contribution in [2.45, 2.75) is 32.0 Å². The second kappa shape index (κ2) is 3.91. The Bertz CT molecular complexity index is 386. The Balaban J connectivity index is 2.11. The highest BCUT2D eigenvalue weighted by Gasteiger charge is 2.46. The molecule has 1 atom stereocenters. The van der Waals surface area contributed by atoms with Crippen LogP contribution in [0.15, 0.2) is 30.3 Å². The Kier molecular flexibility index (Phi) is 2.72. The summed E-state index contributed by atoms with van der Waals surface area (Å²) in [6.45, 7) is 4.16. The number of amides is 1.